The molecule has 166 valence electrons. The Labute approximate surface area is 182 Å². The number of fused-ring (bicyclic) bond motifs is 3. The molecule has 4 aromatic rings. The van der Waals surface area contributed by atoms with Gasteiger partial charge in [0.1, 0.15) is 23.5 Å². The number of amides is 1. The minimum Gasteiger partial charge on any atom is -0.495 e. The van der Waals surface area contributed by atoms with Gasteiger partial charge in [-0.3, -0.25) is 4.79 Å². The molecule has 0 radical (unpaired) electrons. The fraction of sp³-hybridized carbons (Fsp3) is 0.208. The molecule has 5 nitrogen and oxygen atoms in total. The van der Waals surface area contributed by atoms with Crippen LogP contribution in [0.4, 0.5) is 18.9 Å². The van der Waals surface area contributed by atoms with Gasteiger partial charge >= 0.3 is 6.18 Å². The van der Waals surface area contributed by atoms with Crippen molar-refractivity contribution in [3.63, 3.8) is 0 Å². The maximum atomic E-state index is 12.7. The van der Waals surface area contributed by atoms with Gasteiger partial charge in [-0.2, -0.15) is 13.2 Å². The minimum atomic E-state index is -4.36. The Kier molecular flexibility index (Phi) is 5.80. The maximum absolute atomic E-state index is 12.7. The van der Waals surface area contributed by atoms with E-state index in [1.807, 2.05) is 30.3 Å². The third kappa shape index (κ3) is 4.55. The Morgan fingerprint density at radius 3 is 2.44 bits per heavy atom. The van der Waals surface area contributed by atoms with E-state index in [0.717, 1.165) is 33.4 Å². The van der Waals surface area contributed by atoms with Crippen molar-refractivity contribution in [3.05, 3.63) is 71.8 Å². The third-order valence-electron chi connectivity index (χ3n) is 5.22. The largest absolute Gasteiger partial charge is 0.495 e. The average molecular weight is 443 g/mol. The molecule has 4 rings (SSSR count). The van der Waals surface area contributed by atoms with E-state index in [1.165, 1.54) is 19.2 Å². The summed E-state index contributed by atoms with van der Waals surface area (Å²) in [6.07, 6.45) is -4.36. The van der Waals surface area contributed by atoms with Crippen LogP contribution in [-0.2, 0) is 17.5 Å². The Hall–Kier alpha value is -3.52. The highest BCUT2D eigenvalue weighted by atomic mass is 19.4. The van der Waals surface area contributed by atoms with Crippen molar-refractivity contribution in [2.24, 2.45) is 0 Å². The number of ether oxygens (including phenoxy) is 1. The van der Waals surface area contributed by atoms with E-state index in [4.69, 9.17) is 9.15 Å². The summed E-state index contributed by atoms with van der Waals surface area (Å²) < 4.78 is 49.4. The van der Waals surface area contributed by atoms with Crippen LogP contribution in [0.5, 0.6) is 5.75 Å². The molecule has 32 heavy (non-hydrogen) atoms. The summed E-state index contributed by atoms with van der Waals surface area (Å²) in [5.74, 6) is 0.265. The molecule has 0 aliphatic carbocycles. The zero-order valence-corrected chi connectivity index (χ0v) is 17.5. The molecule has 0 bridgehead atoms. The smallest absolute Gasteiger partial charge is 0.416 e. The summed E-state index contributed by atoms with van der Waals surface area (Å²) >= 11 is 0. The summed E-state index contributed by atoms with van der Waals surface area (Å²) in [5, 5.41) is 4.70. The van der Waals surface area contributed by atoms with Crippen LogP contribution in [0.3, 0.4) is 0 Å². The van der Waals surface area contributed by atoms with E-state index < -0.39 is 11.7 Å². The lowest BCUT2D eigenvalue weighted by Crippen LogP contribution is -3.08. The van der Waals surface area contributed by atoms with E-state index in [0.29, 0.717) is 29.1 Å². The van der Waals surface area contributed by atoms with Crippen LogP contribution in [0, 0.1) is 0 Å². The number of likely N-dealkylation sites (N-methyl/N-ethyl adjacent to an activating group) is 1. The first-order valence-electron chi connectivity index (χ1n) is 10.0. The van der Waals surface area contributed by atoms with Crippen LogP contribution in [0.2, 0.25) is 0 Å². The number of nitrogens with one attached hydrogen (secondary N) is 2. The second-order valence-corrected chi connectivity index (χ2v) is 7.70. The molecule has 0 aliphatic heterocycles. The molecular weight excluding hydrogens is 421 g/mol. The number of benzene rings is 3. The van der Waals surface area contributed by atoms with E-state index in [2.05, 4.69) is 5.32 Å². The number of alkyl halides is 3. The lowest BCUT2D eigenvalue weighted by Gasteiger charge is -2.15. The second-order valence-electron chi connectivity index (χ2n) is 7.70. The molecule has 8 heteroatoms. The molecule has 0 saturated carbocycles. The highest BCUT2D eigenvalue weighted by molar-refractivity contribution is 6.07. The molecule has 1 atom stereocenters. The van der Waals surface area contributed by atoms with Crippen molar-refractivity contribution >= 4 is 33.5 Å². The van der Waals surface area contributed by atoms with Gasteiger partial charge in [0.2, 0.25) is 0 Å². The molecule has 1 heterocycles. The fourth-order valence-electron chi connectivity index (χ4n) is 3.71. The monoisotopic (exact) mass is 443 g/mol. The lowest BCUT2D eigenvalue weighted by atomic mass is 10.1. The van der Waals surface area contributed by atoms with Gasteiger partial charge in [-0.25, -0.2) is 0 Å². The van der Waals surface area contributed by atoms with Gasteiger partial charge in [0.05, 0.1) is 25.4 Å². The van der Waals surface area contributed by atoms with E-state index >= 15 is 0 Å². The number of quaternary nitrogens is 1. The van der Waals surface area contributed by atoms with Crippen molar-refractivity contribution < 1.29 is 32.0 Å². The van der Waals surface area contributed by atoms with Gasteiger partial charge in [-0.15, -0.1) is 0 Å². The number of rotatable bonds is 6. The maximum Gasteiger partial charge on any atom is 0.416 e. The fourth-order valence-corrected chi connectivity index (χ4v) is 3.71. The van der Waals surface area contributed by atoms with E-state index in [1.54, 1.807) is 13.1 Å². The number of carbonyl (C=O) groups is 1. The van der Waals surface area contributed by atoms with Crippen LogP contribution >= 0.6 is 0 Å². The highest BCUT2D eigenvalue weighted by Crippen LogP contribution is 2.36. The van der Waals surface area contributed by atoms with Crippen molar-refractivity contribution in [3.8, 4) is 5.75 Å². The zero-order chi connectivity index (χ0) is 22.9. The first-order chi connectivity index (χ1) is 15.2. The highest BCUT2D eigenvalue weighted by Gasteiger charge is 2.30. The molecule has 0 saturated heterocycles. The average Bonchev–Trinajstić information content (AvgIpc) is 3.10. The predicted octanol–water partition coefficient (Wildman–Crippen LogP) is 4.27. The van der Waals surface area contributed by atoms with Gasteiger partial charge in [0.25, 0.3) is 5.91 Å². The first-order valence-corrected chi connectivity index (χ1v) is 10.0. The second kappa shape index (κ2) is 8.55. The SMILES string of the molecule is COc1cc2c(cc1NC(=O)C[NH+](C)Cc1ccc(C(F)(F)F)cc1)oc1ccccc12. The Morgan fingerprint density at radius 1 is 1.03 bits per heavy atom. The number of carbonyl (C=O) groups excluding carboxylic acids is 1. The topological polar surface area (TPSA) is 55.9 Å². The molecule has 1 amide bonds. The Morgan fingerprint density at radius 2 is 1.75 bits per heavy atom. The number of hydrogen-bond donors (Lipinski definition) is 2. The van der Waals surface area contributed by atoms with Crippen molar-refractivity contribution in [2.45, 2.75) is 12.7 Å². The van der Waals surface area contributed by atoms with Crippen molar-refractivity contribution in [1.29, 1.82) is 0 Å². The van der Waals surface area contributed by atoms with Gasteiger partial charge < -0.3 is 19.4 Å². The molecule has 0 aliphatic rings. The van der Waals surface area contributed by atoms with Gasteiger partial charge in [-0.1, -0.05) is 30.3 Å². The number of furan rings is 1. The summed E-state index contributed by atoms with van der Waals surface area (Å²) in [5.41, 5.74) is 1.89. The normalized spacial score (nSPS) is 12.8. The van der Waals surface area contributed by atoms with Gasteiger partial charge in [0, 0.05) is 22.4 Å². The third-order valence-corrected chi connectivity index (χ3v) is 5.22. The van der Waals surface area contributed by atoms with Crippen LogP contribution in [0.1, 0.15) is 11.1 Å². The minimum absolute atomic E-state index is 0.127. The van der Waals surface area contributed by atoms with E-state index in [9.17, 15) is 18.0 Å². The van der Waals surface area contributed by atoms with Crippen LogP contribution < -0.4 is 15.0 Å². The predicted molar refractivity (Wildman–Crippen MR) is 116 cm³/mol. The summed E-state index contributed by atoms with van der Waals surface area (Å²) in [6, 6.07) is 16.2. The molecule has 1 unspecified atom stereocenters. The van der Waals surface area contributed by atoms with E-state index in [-0.39, 0.29) is 12.5 Å². The molecule has 1 aromatic heterocycles. The number of halogens is 3. The Balaban J connectivity index is 1.45. The van der Waals surface area contributed by atoms with Gasteiger partial charge in [0.15, 0.2) is 6.54 Å². The molecule has 2 N–H and O–H groups in total. The van der Waals surface area contributed by atoms with Crippen LogP contribution in [-0.4, -0.2) is 26.6 Å². The van der Waals surface area contributed by atoms with Crippen molar-refractivity contribution in [1.82, 2.24) is 0 Å². The quantitative estimate of drug-likeness (QED) is 0.468. The number of anilines is 1. The number of hydrogen-bond acceptors (Lipinski definition) is 3. The Bertz CT molecular complexity index is 1260. The standard InChI is InChI=1S/C24H21F3N2O3/c1-29(13-15-7-9-16(10-8-15)24(25,26)27)14-23(30)28-19-12-21-18(11-22(19)31-2)17-5-3-4-6-20(17)32-21/h3-12H,13-14H2,1-2H3,(H,28,30)/p+1. The number of methoxy groups -OCH3 is 1. The summed E-state index contributed by atoms with van der Waals surface area (Å²) in [6.45, 7) is 0.535. The van der Waals surface area contributed by atoms with Crippen LogP contribution in [0.15, 0.2) is 65.1 Å². The lowest BCUT2D eigenvalue weighted by molar-refractivity contribution is -0.885. The van der Waals surface area contributed by atoms with Crippen molar-refractivity contribution in [2.75, 3.05) is 26.0 Å². The van der Waals surface area contributed by atoms with Gasteiger partial charge in [-0.05, 0) is 24.3 Å². The molecule has 3 aromatic carbocycles. The summed E-state index contributed by atoms with van der Waals surface area (Å²) in [7, 11) is 3.33. The molecular formula is C24H22F3N2O3+. The van der Waals surface area contributed by atoms with Crippen LogP contribution in [0.25, 0.3) is 21.9 Å². The first kappa shape index (κ1) is 21.7. The molecule has 0 fully saturated rings. The molecule has 0 spiro atoms. The summed E-state index contributed by atoms with van der Waals surface area (Å²) in [4.78, 5) is 13.4. The zero-order valence-electron chi connectivity index (χ0n) is 17.5. The number of para-hydroxylation sites is 1.